The number of Topliss-reactive ketones (excluding diaryl/α,β-unsaturated/α-hetero) is 1. The molecule has 0 saturated heterocycles. The van der Waals surface area contributed by atoms with Crippen LogP contribution in [-0.2, 0) is 4.79 Å². The Labute approximate surface area is 212 Å². The molecular formula is C30H50O5. The number of rotatable bonds is 5. The number of carbonyl (C=O) groups is 1. The van der Waals surface area contributed by atoms with Crippen LogP contribution in [0.25, 0.3) is 0 Å². The molecule has 0 heterocycles. The smallest absolute Gasteiger partial charge is 0.138 e. The second-order valence-corrected chi connectivity index (χ2v) is 14.5. The Morgan fingerprint density at radius 2 is 1.60 bits per heavy atom. The first-order valence-electron chi connectivity index (χ1n) is 13.9. The van der Waals surface area contributed by atoms with E-state index in [1.165, 1.54) is 13.8 Å². The van der Waals surface area contributed by atoms with Crippen molar-refractivity contribution in [3.63, 3.8) is 0 Å². The van der Waals surface area contributed by atoms with Gasteiger partial charge in [-0.2, -0.15) is 0 Å². The number of aliphatic hydroxyl groups is 4. The molecule has 10 atom stereocenters. The summed E-state index contributed by atoms with van der Waals surface area (Å²) in [6.07, 6.45) is 5.41. The zero-order valence-electron chi connectivity index (χ0n) is 23.3. The summed E-state index contributed by atoms with van der Waals surface area (Å²) < 4.78 is 0. The number of allylic oxidation sites excluding steroid dienone is 2. The van der Waals surface area contributed by atoms with E-state index >= 15 is 0 Å². The van der Waals surface area contributed by atoms with Crippen LogP contribution in [0.5, 0.6) is 0 Å². The highest BCUT2D eigenvalue weighted by Gasteiger charge is 2.65. The molecule has 0 unspecified atom stereocenters. The fraction of sp³-hybridized carbons (Fsp3) is 0.900. The summed E-state index contributed by atoms with van der Waals surface area (Å²) >= 11 is 0. The number of carbonyl (C=O) groups excluding carboxylic acids is 1. The summed E-state index contributed by atoms with van der Waals surface area (Å²) in [5.41, 5.74) is -0.0314. The minimum absolute atomic E-state index is 0.0155. The standard InChI is InChI=1S/C30H50O5/c1-17(23(32)24(33)25(34)27(4,5)35)18-11-15-30(8)20-9-10-21-26(2,3)22(31)13-14-28(21,6)19(20)12-16-29(18,30)7/h9,17-19,21,23-25,32-35H,10-16H2,1-8H3/t17-,18+,19+,21+,23+,24+,25-,28-,29+,30-/m1/s1. The van der Waals surface area contributed by atoms with Crippen LogP contribution in [0.3, 0.4) is 0 Å². The van der Waals surface area contributed by atoms with Crippen molar-refractivity contribution >= 4 is 5.78 Å². The Kier molecular flexibility index (Phi) is 6.53. The van der Waals surface area contributed by atoms with Crippen molar-refractivity contribution in [2.45, 2.75) is 124 Å². The second-order valence-electron chi connectivity index (χ2n) is 14.5. The van der Waals surface area contributed by atoms with Crippen molar-refractivity contribution in [3.05, 3.63) is 11.6 Å². The summed E-state index contributed by atoms with van der Waals surface area (Å²) in [7, 11) is 0. The van der Waals surface area contributed by atoms with Crippen LogP contribution >= 0.6 is 0 Å². The van der Waals surface area contributed by atoms with E-state index in [4.69, 9.17) is 0 Å². The van der Waals surface area contributed by atoms with E-state index < -0.39 is 23.9 Å². The molecule has 3 saturated carbocycles. The lowest BCUT2D eigenvalue weighted by molar-refractivity contribution is -0.158. The molecule has 4 aliphatic rings. The average molecular weight is 491 g/mol. The SMILES string of the molecule is C[C@@H]([C@H](O)[C@H](O)[C@@H](O)C(C)(C)O)[C@@H]1CC[C@]2(C)C3=CC[C@H]4C(C)(C)C(=O)CC[C@]4(C)[C@H]3CC[C@@]12C. The summed E-state index contributed by atoms with van der Waals surface area (Å²) in [6.45, 7) is 16.5. The molecule has 0 aliphatic heterocycles. The predicted molar refractivity (Wildman–Crippen MR) is 137 cm³/mol. The number of aliphatic hydroxyl groups excluding tert-OH is 3. The van der Waals surface area contributed by atoms with Crippen LogP contribution < -0.4 is 0 Å². The molecule has 5 heteroatoms. The first-order chi connectivity index (χ1) is 15.9. The minimum Gasteiger partial charge on any atom is -0.390 e. The molecule has 0 amide bonds. The average Bonchev–Trinajstić information content (AvgIpc) is 3.05. The lowest BCUT2D eigenvalue weighted by Gasteiger charge is -2.63. The predicted octanol–water partition coefficient (Wildman–Crippen LogP) is 4.65. The molecule has 0 radical (unpaired) electrons. The van der Waals surface area contributed by atoms with E-state index in [-0.39, 0.29) is 33.5 Å². The molecule has 0 aromatic rings. The maximum atomic E-state index is 12.8. The van der Waals surface area contributed by atoms with Gasteiger partial charge >= 0.3 is 0 Å². The monoisotopic (exact) mass is 490 g/mol. The largest absolute Gasteiger partial charge is 0.390 e. The summed E-state index contributed by atoms with van der Waals surface area (Å²) in [4.78, 5) is 12.8. The van der Waals surface area contributed by atoms with Gasteiger partial charge in [-0.1, -0.05) is 53.2 Å². The molecule has 4 rings (SSSR count). The van der Waals surface area contributed by atoms with Crippen LogP contribution in [0.15, 0.2) is 11.6 Å². The number of hydrogen-bond donors (Lipinski definition) is 4. The molecule has 5 nitrogen and oxygen atoms in total. The molecule has 4 aliphatic carbocycles. The topological polar surface area (TPSA) is 98.0 Å². The van der Waals surface area contributed by atoms with Crippen molar-refractivity contribution in [3.8, 4) is 0 Å². The van der Waals surface area contributed by atoms with Gasteiger partial charge in [0.1, 0.15) is 18.0 Å². The van der Waals surface area contributed by atoms with Crippen LogP contribution in [0.1, 0.15) is 100 Å². The Hall–Kier alpha value is -0.750. The summed E-state index contributed by atoms with van der Waals surface area (Å²) in [6, 6.07) is 0. The van der Waals surface area contributed by atoms with Gasteiger partial charge in [0.2, 0.25) is 0 Å². The van der Waals surface area contributed by atoms with Crippen molar-refractivity contribution < 1.29 is 25.2 Å². The van der Waals surface area contributed by atoms with Gasteiger partial charge in [-0.05, 0) is 92.3 Å². The molecule has 35 heavy (non-hydrogen) atoms. The normalized spacial score (nSPS) is 44.4. The molecule has 0 aromatic carbocycles. The van der Waals surface area contributed by atoms with Crippen molar-refractivity contribution in [1.82, 2.24) is 0 Å². The van der Waals surface area contributed by atoms with Crippen LogP contribution in [0.2, 0.25) is 0 Å². The maximum absolute atomic E-state index is 12.8. The third-order valence-electron chi connectivity index (χ3n) is 12.2. The zero-order chi connectivity index (χ0) is 26.4. The Bertz CT molecular complexity index is 886. The minimum atomic E-state index is -1.49. The van der Waals surface area contributed by atoms with Gasteiger partial charge in [-0.25, -0.2) is 0 Å². The highest BCUT2D eigenvalue weighted by Crippen LogP contribution is 2.73. The molecule has 0 bridgehead atoms. The van der Waals surface area contributed by atoms with E-state index in [2.05, 4.69) is 40.7 Å². The lowest BCUT2D eigenvalue weighted by atomic mass is 9.41. The Morgan fingerprint density at radius 3 is 2.20 bits per heavy atom. The van der Waals surface area contributed by atoms with Crippen LogP contribution in [0.4, 0.5) is 0 Å². The Morgan fingerprint density at radius 1 is 0.971 bits per heavy atom. The molecule has 0 spiro atoms. The van der Waals surface area contributed by atoms with E-state index in [1.54, 1.807) is 5.57 Å². The van der Waals surface area contributed by atoms with Gasteiger partial charge in [0, 0.05) is 11.8 Å². The van der Waals surface area contributed by atoms with Crippen LogP contribution in [-0.4, -0.2) is 50.1 Å². The first-order valence-corrected chi connectivity index (χ1v) is 13.9. The van der Waals surface area contributed by atoms with E-state index in [0.717, 1.165) is 38.5 Å². The maximum Gasteiger partial charge on any atom is 0.138 e. The molecule has 4 N–H and O–H groups in total. The van der Waals surface area contributed by atoms with Crippen LogP contribution in [0, 0.1) is 45.3 Å². The molecular weight excluding hydrogens is 440 g/mol. The fourth-order valence-electron chi connectivity index (χ4n) is 9.55. The van der Waals surface area contributed by atoms with Gasteiger partial charge in [-0.3, -0.25) is 4.79 Å². The van der Waals surface area contributed by atoms with E-state index in [1.807, 2.05) is 6.92 Å². The van der Waals surface area contributed by atoms with Gasteiger partial charge in [0.05, 0.1) is 11.7 Å². The quantitative estimate of drug-likeness (QED) is 0.421. The summed E-state index contributed by atoms with van der Waals surface area (Å²) in [5.74, 6) is 1.30. The molecule has 0 aromatic heterocycles. The second kappa shape index (κ2) is 8.38. The van der Waals surface area contributed by atoms with Crippen molar-refractivity contribution in [2.24, 2.45) is 45.3 Å². The number of ketones is 1. The zero-order valence-corrected chi connectivity index (χ0v) is 23.3. The van der Waals surface area contributed by atoms with Crippen molar-refractivity contribution in [2.75, 3.05) is 0 Å². The van der Waals surface area contributed by atoms with Gasteiger partial charge in [0.15, 0.2) is 0 Å². The van der Waals surface area contributed by atoms with Gasteiger partial charge in [0.25, 0.3) is 0 Å². The lowest BCUT2D eigenvalue weighted by Crippen LogP contribution is -2.58. The third kappa shape index (κ3) is 3.73. The Balaban J connectivity index is 1.63. The highest BCUT2D eigenvalue weighted by molar-refractivity contribution is 5.85. The third-order valence-corrected chi connectivity index (χ3v) is 12.2. The van der Waals surface area contributed by atoms with Gasteiger partial charge in [-0.15, -0.1) is 0 Å². The molecule has 200 valence electrons. The van der Waals surface area contributed by atoms with Crippen molar-refractivity contribution in [1.29, 1.82) is 0 Å². The summed E-state index contributed by atoms with van der Waals surface area (Å²) in [5, 5.41) is 42.4. The number of fused-ring (bicyclic) bond motifs is 5. The molecule has 3 fully saturated rings. The number of hydrogen-bond acceptors (Lipinski definition) is 5. The highest BCUT2D eigenvalue weighted by atomic mass is 16.4. The van der Waals surface area contributed by atoms with E-state index in [0.29, 0.717) is 24.0 Å². The first kappa shape index (κ1) is 27.3. The fourth-order valence-corrected chi connectivity index (χ4v) is 9.55. The van der Waals surface area contributed by atoms with E-state index in [9.17, 15) is 25.2 Å². The van der Waals surface area contributed by atoms with Gasteiger partial charge < -0.3 is 20.4 Å².